The highest BCUT2D eigenvalue weighted by molar-refractivity contribution is 5.93. The van der Waals surface area contributed by atoms with Gasteiger partial charge in [0.2, 0.25) is 11.8 Å². The predicted molar refractivity (Wildman–Crippen MR) is 106 cm³/mol. The lowest BCUT2D eigenvalue weighted by atomic mass is 9.77. The van der Waals surface area contributed by atoms with Gasteiger partial charge in [0.25, 0.3) is 5.91 Å². The lowest BCUT2D eigenvalue weighted by molar-refractivity contribution is 0.0105. The van der Waals surface area contributed by atoms with E-state index in [9.17, 15) is 4.79 Å². The number of hydrogen-bond donors (Lipinski definition) is 0. The molecule has 1 atom stereocenters. The second-order valence-electron chi connectivity index (χ2n) is 8.14. The largest absolute Gasteiger partial charge is 0.419 e. The number of likely N-dealkylation sites (tertiary alicyclic amines) is 2. The summed E-state index contributed by atoms with van der Waals surface area (Å²) in [6, 6.07) is 11.7. The lowest BCUT2D eigenvalue weighted by Gasteiger charge is -2.48. The fourth-order valence-electron chi connectivity index (χ4n) is 4.68. The molecule has 1 amide bonds. The molecule has 1 spiro atoms. The minimum atomic E-state index is 0.0604. The van der Waals surface area contributed by atoms with Gasteiger partial charge in [0.1, 0.15) is 5.69 Å². The van der Waals surface area contributed by atoms with Crippen LogP contribution in [0, 0.1) is 5.41 Å². The van der Waals surface area contributed by atoms with Gasteiger partial charge >= 0.3 is 0 Å². The molecule has 2 aliphatic rings. The number of carbonyl (C=O) groups excluding carboxylic acids is 1. The van der Waals surface area contributed by atoms with Crippen LogP contribution in [0.5, 0.6) is 0 Å². The molecule has 3 aromatic rings. The monoisotopic (exact) mass is 392 g/mol. The van der Waals surface area contributed by atoms with E-state index in [2.05, 4.69) is 27.2 Å². The topological polar surface area (TPSA) is 80.3 Å². The number of aromatic nitrogens is 4. The third kappa shape index (κ3) is 3.04. The fraction of sp³-hybridized carbons (Fsp3) is 0.429. The van der Waals surface area contributed by atoms with Gasteiger partial charge in [0.05, 0.1) is 6.04 Å². The fourth-order valence-corrected chi connectivity index (χ4v) is 4.68. The van der Waals surface area contributed by atoms with Crippen molar-refractivity contribution in [2.45, 2.75) is 25.9 Å². The van der Waals surface area contributed by atoms with Gasteiger partial charge in [-0.3, -0.25) is 14.4 Å². The Morgan fingerprint density at radius 1 is 1.17 bits per heavy atom. The van der Waals surface area contributed by atoms with E-state index in [0.29, 0.717) is 24.0 Å². The molecule has 0 bridgehead atoms. The first-order valence-corrected chi connectivity index (χ1v) is 9.99. The number of rotatable bonds is 4. The number of aryl methyl sites for hydroxylation is 1. The summed E-state index contributed by atoms with van der Waals surface area (Å²) in [6.07, 6.45) is 2.60. The molecule has 5 rings (SSSR count). The molecule has 0 N–H and O–H groups in total. The van der Waals surface area contributed by atoms with Crippen LogP contribution >= 0.6 is 0 Å². The Kier molecular flexibility index (Phi) is 4.24. The maximum Gasteiger partial charge on any atom is 0.272 e. The Morgan fingerprint density at radius 3 is 2.72 bits per heavy atom. The van der Waals surface area contributed by atoms with E-state index >= 15 is 0 Å². The minimum absolute atomic E-state index is 0.0604. The molecule has 2 aromatic heterocycles. The maximum atomic E-state index is 12.8. The Bertz CT molecular complexity index is 1020. The Morgan fingerprint density at radius 2 is 1.97 bits per heavy atom. The summed E-state index contributed by atoms with van der Waals surface area (Å²) < 4.78 is 7.74. The molecule has 0 aliphatic carbocycles. The van der Waals surface area contributed by atoms with Crippen LogP contribution in [-0.2, 0) is 6.54 Å². The van der Waals surface area contributed by atoms with Crippen molar-refractivity contribution in [2.24, 2.45) is 5.41 Å². The first kappa shape index (κ1) is 18.1. The molecule has 2 aliphatic heterocycles. The summed E-state index contributed by atoms with van der Waals surface area (Å²) in [6.45, 7) is 5.10. The predicted octanol–water partition coefficient (Wildman–Crippen LogP) is 2.47. The van der Waals surface area contributed by atoms with Crippen LogP contribution < -0.4 is 0 Å². The number of hydrogen-bond acceptors (Lipinski definition) is 6. The Labute approximate surface area is 169 Å². The van der Waals surface area contributed by atoms with Crippen LogP contribution in [0.25, 0.3) is 11.5 Å². The van der Waals surface area contributed by atoms with Gasteiger partial charge in [-0.15, -0.1) is 10.2 Å². The normalized spacial score (nSPS) is 20.9. The van der Waals surface area contributed by atoms with Crippen LogP contribution in [0.2, 0.25) is 0 Å². The first-order valence-electron chi connectivity index (χ1n) is 9.99. The molecule has 2 saturated heterocycles. The summed E-state index contributed by atoms with van der Waals surface area (Å²) in [5.41, 5.74) is 1.68. The van der Waals surface area contributed by atoms with Crippen molar-refractivity contribution in [3.05, 3.63) is 54.2 Å². The number of benzene rings is 1. The maximum absolute atomic E-state index is 12.8. The summed E-state index contributed by atoms with van der Waals surface area (Å²) in [5, 5.41) is 12.8. The van der Waals surface area contributed by atoms with Crippen LogP contribution in [0.4, 0.5) is 0 Å². The number of nitrogens with zero attached hydrogens (tertiary/aromatic N) is 6. The summed E-state index contributed by atoms with van der Waals surface area (Å²) in [4.78, 5) is 17.0. The molecule has 8 heteroatoms. The third-order valence-electron chi connectivity index (χ3n) is 6.06. The molecule has 1 aromatic carbocycles. The molecular formula is C21H24N6O2. The van der Waals surface area contributed by atoms with Crippen molar-refractivity contribution in [3.8, 4) is 11.5 Å². The van der Waals surface area contributed by atoms with Crippen LogP contribution in [-0.4, -0.2) is 62.4 Å². The van der Waals surface area contributed by atoms with Gasteiger partial charge in [-0.1, -0.05) is 18.2 Å². The molecule has 1 unspecified atom stereocenters. The van der Waals surface area contributed by atoms with Gasteiger partial charge in [-0.05, 0) is 38.6 Å². The van der Waals surface area contributed by atoms with E-state index in [4.69, 9.17) is 4.42 Å². The highest BCUT2D eigenvalue weighted by Gasteiger charge is 2.53. The summed E-state index contributed by atoms with van der Waals surface area (Å²) in [7, 11) is 2.09. The second-order valence-corrected chi connectivity index (χ2v) is 8.14. The van der Waals surface area contributed by atoms with Crippen molar-refractivity contribution in [3.63, 3.8) is 0 Å². The molecule has 4 heterocycles. The highest BCUT2D eigenvalue weighted by Crippen LogP contribution is 2.47. The van der Waals surface area contributed by atoms with Crippen LogP contribution in [0.3, 0.4) is 0 Å². The molecule has 150 valence electrons. The SMILES string of the molecule is CCn1nccc1C(=O)N1CC2(CC(c3nnc(-c4ccccc4)o3)N(C)C2)C1. The second kappa shape index (κ2) is 6.81. The Balaban J connectivity index is 1.28. The zero-order valence-corrected chi connectivity index (χ0v) is 16.7. The lowest BCUT2D eigenvalue weighted by Crippen LogP contribution is -2.59. The van der Waals surface area contributed by atoms with Gasteiger partial charge in [-0.2, -0.15) is 5.10 Å². The van der Waals surface area contributed by atoms with Crippen molar-refractivity contribution in [1.29, 1.82) is 0 Å². The first-order chi connectivity index (χ1) is 14.1. The van der Waals surface area contributed by atoms with Crippen molar-refractivity contribution in [2.75, 3.05) is 26.7 Å². The number of carbonyl (C=O) groups is 1. The van der Waals surface area contributed by atoms with E-state index in [1.54, 1.807) is 16.9 Å². The quantitative estimate of drug-likeness (QED) is 0.679. The summed E-state index contributed by atoms with van der Waals surface area (Å²) >= 11 is 0. The van der Waals surface area contributed by atoms with Crippen molar-refractivity contribution in [1.82, 2.24) is 29.8 Å². The van der Waals surface area contributed by atoms with Crippen LogP contribution in [0.15, 0.2) is 47.0 Å². The average Bonchev–Trinajstić information content (AvgIpc) is 3.44. The standard InChI is InChI=1S/C21H24N6O2/c1-3-27-16(9-10-22-27)20(28)26-13-21(14-26)11-17(25(2)12-21)19-24-23-18(29-19)15-7-5-4-6-8-15/h4-10,17H,3,11-14H2,1-2H3. The zero-order chi connectivity index (χ0) is 20.0. The van der Waals surface area contributed by atoms with E-state index in [1.165, 1.54) is 0 Å². The Hall–Kier alpha value is -3.00. The average molecular weight is 392 g/mol. The zero-order valence-electron chi connectivity index (χ0n) is 16.7. The van der Waals surface area contributed by atoms with E-state index in [1.807, 2.05) is 42.2 Å². The molecular weight excluding hydrogens is 368 g/mol. The van der Waals surface area contributed by atoms with Crippen molar-refractivity contribution < 1.29 is 9.21 Å². The van der Waals surface area contributed by atoms with Crippen molar-refractivity contribution >= 4 is 5.91 Å². The molecule has 8 nitrogen and oxygen atoms in total. The highest BCUT2D eigenvalue weighted by atomic mass is 16.4. The van der Waals surface area contributed by atoms with Gasteiger partial charge in [0, 0.05) is 43.4 Å². The van der Waals surface area contributed by atoms with Crippen LogP contribution in [0.1, 0.15) is 35.8 Å². The minimum Gasteiger partial charge on any atom is -0.419 e. The number of amides is 1. The third-order valence-corrected chi connectivity index (χ3v) is 6.06. The summed E-state index contributed by atoms with van der Waals surface area (Å²) in [5.74, 6) is 1.26. The molecule has 0 saturated carbocycles. The van der Waals surface area contributed by atoms with Gasteiger partial charge in [-0.25, -0.2) is 0 Å². The van der Waals surface area contributed by atoms with E-state index < -0.39 is 0 Å². The molecule has 0 radical (unpaired) electrons. The van der Waals surface area contributed by atoms with Gasteiger partial charge < -0.3 is 9.32 Å². The molecule has 2 fully saturated rings. The van der Waals surface area contributed by atoms with E-state index in [0.717, 1.165) is 31.6 Å². The molecule has 29 heavy (non-hydrogen) atoms. The van der Waals surface area contributed by atoms with E-state index in [-0.39, 0.29) is 17.4 Å². The smallest absolute Gasteiger partial charge is 0.272 e. The van der Waals surface area contributed by atoms with Gasteiger partial charge in [0.15, 0.2) is 0 Å².